The molecular formula is C50H85N13O13. The molecule has 11 atom stereocenters. The van der Waals surface area contributed by atoms with Crippen molar-refractivity contribution in [3.8, 4) is 0 Å². The first kappa shape index (κ1) is 65.8. The Morgan fingerprint density at radius 3 is 1.64 bits per heavy atom. The highest BCUT2D eigenvalue weighted by Gasteiger charge is 2.37. The van der Waals surface area contributed by atoms with Crippen LogP contribution in [-0.2, 0) is 54.4 Å². The van der Waals surface area contributed by atoms with Crippen LogP contribution in [0.1, 0.15) is 111 Å². The maximum atomic E-state index is 14.3. The van der Waals surface area contributed by atoms with Crippen LogP contribution >= 0.6 is 0 Å². The molecule has 3 unspecified atom stereocenters. The van der Waals surface area contributed by atoms with Gasteiger partial charge >= 0.3 is 0 Å². The zero-order valence-corrected chi connectivity index (χ0v) is 44.5. The molecular weight excluding hydrogens is 991 g/mol. The van der Waals surface area contributed by atoms with Crippen molar-refractivity contribution in [2.24, 2.45) is 23.1 Å². The number of nitrogens with two attached hydrogens (primary N) is 3. The van der Waals surface area contributed by atoms with E-state index in [1.54, 1.807) is 44.2 Å². The molecule has 1 aliphatic rings. The van der Waals surface area contributed by atoms with Gasteiger partial charge in [-0.05, 0) is 83.5 Å². The summed E-state index contributed by atoms with van der Waals surface area (Å²) in [6, 6.07) is -5.06. The molecule has 0 aliphatic carbocycles. The molecule has 0 bridgehead atoms. The number of hydrogen-bond donors (Lipinski definition) is 16. The summed E-state index contributed by atoms with van der Waals surface area (Å²) >= 11 is 0. The van der Waals surface area contributed by atoms with Crippen LogP contribution in [0.25, 0.3) is 0 Å². The number of benzene rings is 1. The number of carbonyl (C=O) groups excluding carboxylic acids is 10. The molecule has 19 N–H and O–H groups in total. The summed E-state index contributed by atoms with van der Waals surface area (Å²) in [4.78, 5) is 138. The summed E-state index contributed by atoms with van der Waals surface area (Å²) in [5.41, 5.74) is 18.2. The number of aliphatic hydroxyl groups is 3. The molecule has 10 amide bonds. The minimum absolute atomic E-state index is 0.0539. The molecule has 26 heteroatoms. The predicted molar refractivity (Wildman–Crippen MR) is 279 cm³/mol. The third-order valence-corrected chi connectivity index (χ3v) is 12.4. The number of aliphatic hydroxyl groups excluding tert-OH is 3. The largest absolute Gasteiger partial charge is 0.394 e. The lowest BCUT2D eigenvalue weighted by atomic mass is 10.00. The third kappa shape index (κ3) is 23.3. The summed E-state index contributed by atoms with van der Waals surface area (Å²) in [7, 11) is 0. The van der Waals surface area contributed by atoms with Gasteiger partial charge in [-0.15, -0.1) is 0 Å². The van der Waals surface area contributed by atoms with E-state index >= 15 is 0 Å². The maximum Gasteiger partial charge on any atom is 0.245 e. The van der Waals surface area contributed by atoms with Crippen molar-refractivity contribution in [3.63, 3.8) is 0 Å². The van der Waals surface area contributed by atoms with Gasteiger partial charge < -0.3 is 85.7 Å². The van der Waals surface area contributed by atoms with E-state index in [9.17, 15) is 63.3 Å². The zero-order chi connectivity index (χ0) is 56.9. The fourth-order valence-electron chi connectivity index (χ4n) is 8.08. The highest BCUT2D eigenvalue weighted by atomic mass is 16.3. The molecule has 76 heavy (non-hydrogen) atoms. The Bertz CT molecular complexity index is 2050. The quantitative estimate of drug-likeness (QED) is 0.0433. The van der Waals surface area contributed by atoms with E-state index in [2.05, 4.69) is 53.2 Å². The second kappa shape index (κ2) is 35.1. The minimum Gasteiger partial charge on any atom is -0.394 e. The molecule has 1 aromatic rings. The Labute approximate surface area is 444 Å². The summed E-state index contributed by atoms with van der Waals surface area (Å²) < 4.78 is 0. The van der Waals surface area contributed by atoms with Crippen LogP contribution in [-0.4, -0.2) is 174 Å². The van der Waals surface area contributed by atoms with Gasteiger partial charge in [-0.3, -0.25) is 47.9 Å². The third-order valence-electron chi connectivity index (χ3n) is 12.4. The SMILES string of the molecule is CCCCCCCC(=O)N[C@H](C(=O)N[C@H](CO)C(=O)N[C@H]1CCNC(=O)C(C(C)O)NC(=O)[C@H](CCN)NC(=O)[C@H](CCN)NC(=O)[C@H](CC(C)C)NC(=O)[C@@H](Cc2ccccc2)NC(=O)[C@H](CCN)NC1=O)C(C)O. The maximum absolute atomic E-state index is 14.3. The van der Waals surface area contributed by atoms with Crippen LogP contribution in [0, 0.1) is 5.92 Å². The van der Waals surface area contributed by atoms with Crippen LogP contribution in [0.2, 0.25) is 0 Å². The Morgan fingerprint density at radius 1 is 0.632 bits per heavy atom. The van der Waals surface area contributed by atoms with Gasteiger partial charge in [0.1, 0.15) is 54.4 Å². The van der Waals surface area contributed by atoms with Crippen molar-refractivity contribution in [1.82, 2.24) is 53.2 Å². The number of amides is 10. The summed E-state index contributed by atoms with van der Waals surface area (Å²) in [6.07, 6.45) is 0.217. The molecule has 0 radical (unpaired) electrons. The monoisotopic (exact) mass is 1080 g/mol. The van der Waals surface area contributed by atoms with Crippen molar-refractivity contribution >= 4 is 59.1 Å². The van der Waals surface area contributed by atoms with Gasteiger partial charge in [-0.1, -0.05) is 76.8 Å². The van der Waals surface area contributed by atoms with Crippen molar-refractivity contribution in [1.29, 1.82) is 0 Å². The van der Waals surface area contributed by atoms with E-state index in [1.807, 2.05) is 6.92 Å². The van der Waals surface area contributed by atoms with Gasteiger partial charge in [-0.25, -0.2) is 0 Å². The molecule has 1 fully saturated rings. The molecule has 0 aromatic heterocycles. The van der Waals surface area contributed by atoms with Crippen LogP contribution < -0.4 is 70.4 Å². The predicted octanol–water partition coefficient (Wildman–Crippen LogP) is -4.68. The lowest BCUT2D eigenvalue weighted by Crippen LogP contribution is -2.61. The number of hydrogen-bond acceptors (Lipinski definition) is 16. The smallest absolute Gasteiger partial charge is 0.245 e. The number of rotatable bonds is 24. The van der Waals surface area contributed by atoms with Gasteiger partial charge in [0.15, 0.2) is 0 Å². The Balaban J connectivity index is 2.67. The topological polar surface area (TPSA) is 430 Å². The lowest BCUT2D eigenvalue weighted by Gasteiger charge is -2.28. The van der Waals surface area contributed by atoms with Crippen LogP contribution in [0.5, 0.6) is 0 Å². The van der Waals surface area contributed by atoms with Crippen molar-refractivity contribution in [2.75, 3.05) is 32.8 Å². The second-order valence-electron chi connectivity index (χ2n) is 19.4. The Morgan fingerprint density at radius 2 is 1.13 bits per heavy atom. The first-order valence-corrected chi connectivity index (χ1v) is 26.2. The van der Waals surface area contributed by atoms with Gasteiger partial charge in [0.2, 0.25) is 59.1 Å². The fourth-order valence-corrected chi connectivity index (χ4v) is 8.08. The van der Waals surface area contributed by atoms with Gasteiger partial charge in [0.05, 0.1) is 18.8 Å². The molecule has 1 aliphatic heterocycles. The second-order valence-corrected chi connectivity index (χ2v) is 19.4. The van der Waals surface area contributed by atoms with E-state index in [0.29, 0.717) is 12.0 Å². The average molecular weight is 1080 g/mol. The Hall–Kier alpha value is -6.32. The number of nitrogens with one attached hydrogen (secondary N) is 10. The van der Waals surface area contributed by atoms with Gasteiger partial charge in [0, 0.05) is 19.4 Å². The molecule has 0 saturated carbocycles. The van der Waals surface area contributed by atoms with Gasteiger partial charge in [-0.2, -0.15) is 0 Å². The van der Waals surface area contributed by atoms with E-state index in [4.69, 9.17) is 17.2 Å². The average Bonchev–Trinajstić information content (AvgIpc) is 3.36. The standard InChI is InChI=1S/C50H85N13O13/c1-6-7-8-9-13-16-39(67)62-41(30(5)66)50(76)61-38(27-64)48(74)58-35-20-24-54-49(75)40(29(4)65)63-45(71)34(19-23-53)56-42(68)32(17-21-51)57-46(72)36(25-28(2)3)59-47(73)37(26-31-14-11-10-12-15-31)60-43(69)33(18-22-52)55-44(35)70/h10-12,14-15,28-30,32-38,40-41,64-66H,6-9,13,16-27,51-53H2,1-5H3,(H,54,75)(H,55,70)(H,56,68)(H,57,72)(H,58,74)(H,59,73)(H,60,69)(H,61,76)(H,62,67)(H,63,71)/t29?,30?,32-,33-,34-,35-,36-,37+,38+,40?,41-/m0/s1. The number of unbranched alkanes of at least 4 members (excludes halogenated alkanes) is 4. The molecule has 428 valence electrons. The normalized spacial score (nSPS) is 23.4. The highest BCUT2D eigenvalue weighted by molar-refractivity contribution is 5.99. The molecule has 1 aromatic carbocycles. The van der Waals surface area contributed by atoms with E-state index in [-0.39, 0.29) is 64.1 Å². The molecule has 0 spiro atoms. The molecule has 1 saturated heterocycles. The zero-order valence-electron chi connectivity index (χ0n) is 44.5. The lowest BCUT2D eigenvalue weighted by molar-refractivity contribution is -0.137. The van der Waals surface area contributed by atoms with Crippen LogP contribution in [0.15, 0.2) is 30.3 Å². The molecule has 2 rings (SSSR count). The van der Waals surface area contributed by atoms with Crippen LogP contribution in [0.4, 0.5) is 0 Å². The Kier molecular flexibility index (Phi) is 30.4. The van der Waals surface area contributed by atoms with Crippen molar-refractivity contribution in [3.05, 3.63) is 35.9 Å². The number of carbonyl (C=O) groups is 10. The van der Waals surface area contributed by atoms with E-state index < -0.39 is 145 Å². The highest BCUT2D eigenvalue weighted by Crippen LogP contribution is 2.11. The summed E-state index contributed by atoms with van der Waals surface area (Å²) in [5, 5.41) is 56.5. The van der Waals surface area contributed by atoms with Crippen LogP contribution in [0.3, 0.4) is 0 Å². The van der Waals surface area contributed by atoms with E-state index in [0.717, 1.165) is 25.7 Å². The minimum atomic E-state index is -1.79. The van der Waals surface area contributed by atoms with Crippen molar-refractivity contribution in [2.45, 2.75) is 178 Å². The summed E-state index contributed by atoms with van der Waals surface area (Å²) in [5.74, 6) is -9.30. The first-order chi connectivity index (χ1) is 36.1. The first-order valence-electron chi connectivity index (χ1n) is 26.2. The molecule has 26 nitrogen and oxygen atoms in total. The van der Waals surface area contributed by atoms with E-state index in [1.165, 1.54) is 13.8 Å². The van der Waals surface area contributed by atoms with Gasteiger partial charge in [0.25, 0.3) is 0 Å². The fraction of sp³-hybridized carbons (Fsp3) is 0.680. The molecule has 1 heterocycles. The summed E-state index contributed by atoms with van der Waals surface area (Å²) in [6.45, 7) is 6.12. The van der Waals surface area contributed by atoms with Crippen molar-refractivity contribution < 1.29 is 63.3 Å².